The normalized spacial score (nSPS) is 28.4. The molecular formula is C16H20FNO2. The first kappa shape index (κ1) is 13.6. The first-order valence-electron chi connectivity index (χ1n) is 7.28. The number of amides is 1. The highest BCUT2D eigenvalue weighted by Crippen LogP contribution is 2.49. The van der Waals surface area contributed by atoms with Gasteiger partial charge in [0.1, 0.15) is 5.82 Å². The summed E-state index contributed by atoms with van der Waals surface area (Å²) in [5.74, 6) is -0.0859. The molecule has 1 heterocycles. The molecule has 0 bridgehead atoms. The summed E-state index contributed by atoms with van der Waals surface area (Å²) in [7, 11) is 1.82. The number of ether oxygens (including phenoxy) is 1. The third-order valence-electron chi connectivity index (χ3n) is 4.29. The Balaban J connectivity index is 1.58. The van der Waals surface area contributed by atoms with Crippen molar-refractivity contribution in [2.45, 2.75) is 31.3 Å². The van der Waals surface area contributed by atoms with Gasteiger partial charge in [-0.15, -0.1) is 0 Å². The monoisotopic (exact) mass is 277 g/mol. The lowest BCUT2D eigenvalue weighted by atomic mass is 10.1. The molecule has 4 heteroatoms. The number of halogens is 1. The highest BCUT2D eigenvalue weighted by molar-refractivity contribution is 5.82. The summed E-state index contributed by atoms with van der Waals surface area (Å²) in [5.41, 5.74) is 0.677. The smallest absolute Gasteiger partial charge is 0.226 e. The summed E-state index contributed by atoms with van der Waals surface area (Å²) < 4.78 is 19.3. The molecule has 1 aromatic carbocycles. The van der Waals surface area contributed by atoms with E-state index in [0.717, 1.165) is 25.9 Å². The van der Waals surface area contributed by atoms with E-state index in [0.29, 0.717) is 12.1 Å². The first-order chi connectivity index (χ1) is 9.66. The van der Waals surface area contributed by atoms with Gasteiger partial charge in [-0.25, -0.2) is 4.39 Å². The number of hydrogen-bond donors (Lipinski definition) is 0. The van der Waals surface area contributed by atoms with Crippen molar-refractivity contribution in [3.63, 3.8) is 0 Å². The van der Waals surface area contributed by atoms with E-state index in [2.05, 4.69) is 0 Å². The molecule has 3 atom stereocenters. The molecule has 1 saturated heterocycles. The number of hydrogen-bond acceptors (Lipinski definition) is 2. The highest BCUT2D eigenvalue weighted by Gasteiger charge is 2.46. The lowest BCUT2D eigenvalue weighted by Gasteiger charge is -2.21. The minimum Gasteiger partial charge on any atom is -0.376 e. The van der Waals surface area contributed by atoms with Gasteiger partial charge in [0.15, 0.2) is 0 Å². The maximum Gasteiger partial charge on any atom is 0.226 e. The van der Waals surface area contributed by atoms with Crippen molar-refractivity contribution in [2.75, 3.05) is 20.2 Å². The standard InChI is InChI=1S/C16H20FNO2/c1-18(10-11-5-4-8-20-11)16(19)14-9-13(14)12-6-2-3-7-15(12)17/h2-3,6-7,11,13-14H,4-5,8-10H2,1H3. The second kappa shape index (κ2) is 5.52. The summed E-state index contributed by atoms with van der Waals surface area (Å²) in [4.78, 5) is 14.1. The van der Waals surface area contributed by atoms with Crippen LogP contribution in [0.4, 0.5) is 4.39 Å². The Morgan fingerprint density at radius 1 is 1.45 bits per heavy atom. The van der Waals surface area contributed by atoms with E-state index in [1.165, 1.54) is 6.07 Å². The molecule has 0 radical (unpaired) electrons. The first-order valence-corrected chi connectivity index (χ1v) is 7.28. The summed E-state index contributed by atoms with van der Waals surface area (Å²) in [5, 5.41) is 0. The zero-order valence-electron chi connectivity index (χ0n) is 11.7. The molecule has 1 aliphatic heterocycles. The summed E-state index contributed by atoms with van der Waals surface area (Å²) in [6.45, 7) is 1.45. The number of carbonyl (C=O) groups is 1. The van der Waals surface area contributed by atoms with E-state index in [-0.39, 0.29) is 29.7 Å². The van der Waals surface area contributed by atoms with Crippen molar-refractivity contribution in [2.24, 2.45) is 5.92 Å². The maximum atomic E-state index is 13.7. The quantitative estimate of drug-likeness (QED) is 0.846. The highest BCUT2D eigenvalue weighted by atomic mass is 19.1. The molecule has 1 amide bonds. The Kier molecular flexibility index (Phi) is 3.74. The van der Waals surface area contributed by atoms with Gasteiger partial charge in [0.05, 0.1) is 6.10 Å². The van der Waals surface area contributed by atoms with Crippen molar-refractivity contribution in [3.8, 4) is 0 Å². The van der Waals surface area contributed by atoms with Gasteiger partial charge in [0.25, 0.3) is 0 Å². The van der Waals surface area contributed by atoms with Gasteiger partial charge in [0, 0.05) is 26.1 Å². The Bertz CT molecular complexity index is 499. The fourth-order valence-corrected chi connectivity index (χ4v) is 3.05. The Morgan fingerprint density at radius 2 is 2.25 bits per heavy atom. The van der Waals surface area contributed by atoms with E-state index in [9.17, 15) is 9.18 Å². The largest absolute Gasteiger partial charge is 0.376 e. The Labute approximate surface area is 118 Å². The van der Waals surface area contributed by atoms with E-state index in [1.54, 1.807) is 17.0 Å². The molecule has 0 aromatic heterocycles. The molecule has 0 spiro atoms. The maximum absolute atomic E-state index is 13.7. The van der Waals surface area contributed by atoms with E-state index >= 15 is 0 Å². The average Bonchev–Trinajstić information content (AvgIpc) is 3.07. The van der Waals surface area contributed by atoms with Gasteiger partial charge >= 0.3 is 0 Å². The topological polar surface area (TPSA) is 29.5 Å². The Morgan fingerprint density at radius 3 is 2.95 bits per heavy atom. The minimum absolute atomic E-state index is 0.0515. The molecule has 20 heavy (non-hydrogen) atoms. The zero-order valence-corrected chi connectivity index (χ0v) is 11.7. The van der Waals surface area contributed by atoms with Gasteiger partial charge in [-0.3, -0.25) is 4.79 Å². The Hall–Kier alpha value is -1.42. The number of nitrogens with zero attached hydrogens (tertiary/aromatic N) is 1. The fraction of sp³-hybridized carbons (Fsp3) is 0.562. The predicted molar refractivity (Wildman–Crippen MR) is 73.9 cm³/mol. The van der Waals surface area contributed by atoms with Crippen LogP contribution in [0, 0.1) is 11.7 Å². The van der Waals surface area contributed by atoms with Crippen LogP contribution in [0.1, 0.15) is 30.7 Å². The lowest BCUT2D eigenvalue weighted by Crippen LogP contribution is -2.35. The average molecular weight is 277 g/mol. The SMILES string of the molecule is CN(CC1CCCO1)C(=O)C1CC1c1ccccc1F. The molecule has 1 aromatic rings. The third kappa shape index (κ3) is 2.70. The second-order valence-electron chi connectivity index (χ2n) is 5.82. The van der Waals surface area contributed by atoms with Crippen molar-refractivity contribution in [3.05, 3.63) is 35.6 Å². The zero-order chi connectivity index (χ0) is 14.1. The molecule has 3 nitrogen and oxygen atoms in total. The van der Waals surface area contributed by atoms with Crippen LogP contribution in [0.25, 0.3) is 0 Å². The van der Waals surface area contributed by atoms with Crippen molar-refractivity contribution in [1.82, 2.24) is 4.90 Å². The molecule has 1 saturated carbocycles. The van der Waals surface area contributed by atoms with Gasteiger partial charge in [0.2, 0.25) is 5.91 Å². The second-order valence-corrected chi connectivity index (χ2v) is 5.82. The number of carbonyl (C=O) groups excluding carboxylic acids is 1. The number of rotatable bonds is 4. The molecule has 1 aliphatic carbocycles. The van der Waals surface area contributed by atoms with Gasteiger partial charge < -0.3 is 9.64 Å². The molecule has 2 aliphatic rings. The fourth-order valence-electron chi connectivity index (χ4n) is 3.05. The minimum atomic E-state index is -0.199. The lowest BCUT2D eigenvalue weighted by molar-refractivity contribution is -0.132. The number of benzene rings is 1. The van der Waals surface area contributed by atoms with E-state index < -0.39 is 0 Å². The van der Waals surface area contributed by atoms with Crippen LogP contribution in [0.15, 0.2) is 24.3 Å². The van der Waals surface area contributed by atoms with Crippen LogP contribution >= 0.6 is 0 Å². The molecule has 2 fully saturated rings. The van der Waals surface area contributed by atoms with Crippen LogP contribution in [-0.4, -0.2) is 37.1 Å². The molecule has 108 valence electrons. The van der Waals surface area contributed by atoms with Crippen LogP contribution in [-0.2, 0) is 9.53 Å². The predicted octanol–water partition coefficient (Wildman–Crippen LogP) is 2.57. The van der Waals surface area contributed by atoms with Crippen molar-refractivity contribution < 1.29 is 13.9 Å². The van der Waals surface area contributed by atoms with Crippen LogP contribution in [0.3, 0.4) is 0 Å². The summed E-state index contributed by atoms with van der Waals surface area (Å²) in [6.07, 6.45) is 3.04. The van der Waals surface area contributed by atoms with Crippen molar-refractivity contribution >= 4 is 5.91 Å². The molecule has 3 unspecified atom stereocenters. The van der Waals surface area contributed by atoms with Gasteiger partial charge in [-0.2, -0.15) is 0 Å². The van der Waals surface area contributed by atoms with E-state index in [1.807, 2.05) is 13.1 Å². The summed E-state index contributed by atoms with van der Waals surface area (Å²) >= 11 is 0. The number of likely N-dealkylation sites (N-methyl/N-ethyl adjacent to an activating group) is 1. The van der Waals surface area contributed by atoms with Crippen LogP contribution in [0.5, 0.6) is 0 Å². The third-order valence-corrected chi connectivity index (χ3v) is 4.29. The van der Waals surface area contributed by atoms with Crippen molar-refractivity contribution in [1.29, 1.82) is 0 Å². The van der Waals surface area contributed by atoms with Crippen LogP contribution < -0.4 is 0 Å². The molecule has 3 rings (SSSR count). The summed E-state index contributed by atoms with van der Waals surface area (Å²) in [6, 6.07) is 6.76. The van der Waals surface area contributed by atoms with Gasteiger partial charge in [-0.1, -0.05) is 18.2 Å². The van der Waals surface area contributed by atoms with Crippen LogP contribution in [0.2, 0.25) is 0 Å². The van der Waals surface area contributed by atoms with E-state index in [4.69, 9.17) is 4.74 Å². The molecule has 0 N–H and O–H groups in total. The molecular weight excluding hydrogens is 257 g/mol. The van der Waals surface area contributed by atoms with Gasteiger partial charge in [-0.05, 0) is 36.8 Å².